The number of benzene rings is 2. The minimum Gasteiger partial charge on any atom is -0.497 e. The molecule has 1 aliphatic heterocycles. The monoisotopic (exact) mass is 507 g/mol. The van der Waals surface area contributed by atoms with Crippen LogP contribution < -0.4 is 10.1 Å². The third-order valence-corrected chi connectivity index (χ3v) is 7.05. The molecule has 0 fully saturated rings. The van der Waals surface area contributed by atoms with Gasteiger partial charge in [-0.1, -0.05) is 23.7 Å². The van der Waals surface area contributed by atoms with Gasteiger partial charge in [0.2, 0.25) is 5.91 Å². The van der Waals surface area contributed by atoms with Crippen LogP contribution in [0.1, 0.15) is 40.1 Å². The van der Waals surface area contributed by atoms with E-state index in [0.717, 1.165) is 44.4 Å². The van der Waals surface area contributed by atoms with Crippen molar-refractivity contribution >= 4 is 40.2 Å². The molecule has 1 amide bonds. The fraction of sp³-hybridized carbons (Fsp3) is 0.231. The van der Waals surface area contributed by atoms with Gasteiger partial charge in [-0.15, -0.1) is 21.5 Å². The van der Waals surface area contributed by atoms with E-state index in [2.05, 4.69) is 33.9 Å². The molecule has 1 N–H and O–H groups in total. The highest BCUT2D eigenvalue weighted by atomic mass is 35.5. The standard InChI is InChI=1S/C17H15ClN4S.C9H11NO2/c1-9-10(2)23-17-15(9)16(12-4-6-13(18)7-5-12)19-8-14-21-20-11(3)22(14)17;1-7(11)10-8-3-5-9(12-2)6-4-8/h4-7H,8H2,1-3H3;3-6H,1-2H3,(H,10,11). The van der Waals surface area contributed by atoms with E-state index in [1.807, 2.05) is 31.2 Å². The molecule has 2 aromatic heterocycles. The van der Waals surface area contributed by atoms with Crippen molar-refractivity contribution < 1.29 is 9.53 Å². The van der Waals surface area contributed by atoms with Crippen molar-refractivity contribution in [2.24, 2.45) is 4.99 Å². The van der Waals surface area contributed by atoms with Crippen LogP contribution in [0, 0.1) is 20.8 Å². The van der Waals surface area contributed by atoms with E-state index >= 15 is 0 Å². The molecule has 0 saturated heterocycles. The van der Waals surface area contributed by atoms with Crippen LogP contribution in [0.4, 0.5) is 5.69 Å². The van der Waals surface area contributed by atoms with Crippen LogP contribution in [-0.4, -0.2) is 33.5 Å². The fourth-order valence-electron chi connectivity index (χ4n) is 3.77. The van der Waals surface area contributed by atoms with Crippen molar-refractivity contribution in [3.63, 3.8) is 0 Å². The zero-order chi connectivity index (χ0) is 25.1. The van der Waals surface area contributed by atoms with Crippen LogP contribution >= 0.6 is 22.9 Å². The average Bonchev–Trinajstić information content (AvgIpc) is 3.28. The molecule has 1 aliphatic rings. The van der Waals surface area contributed by atoms with E-state index < -0.39 is 0 Å². The lowest BCUT2D eigenvalue weighted by molar-refractivity contribution is -0.114. The summed E-state index contributed by atoms with van der Waals surface area (Å²) in [7, 11) is 1.60. The number of thiophene rings is 1. The SMILES string of the molecule is COc1ccc(NC(C)=O)cc1.Cc1sc2c(c1C)C(c1ccc(Cl)cc1)=NCc1nnc(C)n1-2. The van der Waals surface area contributed by atoms with Gasteiger partial charge >= 0.3 is 0 Å². The number of halogens is 1. The number of aliphatic imine (C=N–C) groups is 1. The normalized spacial score (nSPS) is 11.9. The number of hydrogen-bond donors (Lipinski definition) is 1. The maximum atomic E-state index is 10.6. The third kappa shape index (κ3) is 5.28. The summed E-state index contributed by atoms with van der Waals surface area (Å²) in [5.41, 5.74) is 5.30. The van der Waals surface area contributed by atoms with Gasteiger partial charge in [0.05, 0.1) is 12.8 Å². The summed E-state index contributed by atoms with van der Waals surface area (Å²) in [6.07, 6.45) is 0. The number of aryl methyl sites for hydroxylation is 2. The number of amides is 1. The Bertz CT molecular complexity index is 1390. The number of carbonyl (C=O) groups excluding carboxylic acids is 1. The Balaban J connectivity index is 0.000000204. The van der Waals surface area contributed by atoms with Gasteiger partial charge in [-0.25, -0.2) is 0 Å². The van der Waals surface area contributed by atoms with Crippen molar-refractivity contribution in [3.8, 4) is 10.8 Å². The highest BCUT2D eigenvalue weighted by molar-refractivity contribution is 7.15. The highest BCUT2D eigenvalue weighted by Gasteiger charge is 2.26. The minimum atomic E-state index is -0.0693. The molecule has 0 unspecified atom stereocenters. The number of fused-ring (bicyclic) bond motifs is 3. The first-order valence-electron chi connectivity index (χ1n) is 11.0. The Morgan fingerprint density at radius 1 is 1.06 bits per heavy atom. The first kappa shape index (κ1) is 24.6. The predicted octanol–water partition coefficient (Wildman–Crippen LogP) is 5.91. The Morgan fingerprint density at radius 2 is 1.74 bits per heavy atom. The van der Waals surface area contributed by atoms with Crippen LogP contribution in [0.15, 0.2) is 53.5 Å². The maximum absolute atomic E-state index is 10.6. The highest BCUT2D eigenvalue weighted by Crippen LogP contribution is 2.36. The molecule has 2 aromatic carbocycles. The van der Waals surface area contributed by atoms with Gasteiger partial charge in [-0.05, 0) is 62.7 Å². The number of ether oxygens (including phenoxy) is 1. The molecule has 7 nitrogen and oxygen atoms in total. The van der Waals surface area contributed by atoms with Gasteiger partial charge in [-0.2, -0.15) is 0 Å². The number of rotatable bonds is 3. The van der Waals surface area contributed by atoms with E-state index in [1.54, 1.807) is 42.7 Å². The lowest BCUT2D eigenvalue weighted by Crippen LogP contribution is -2.07. The zero-order valence-corrected chi connectivity index (χ0v) is 21.8. The van der Waals surface area contributed by atoms with Gasteiger partial charge in [0, 0.05) is 33.6 Å². The van der Waals surface area contributed by atoms with Gasteiger partial charge in [0.15, 0.2) is 5.82 Å². The summed E-state index contributed by atoms with van der Waals surface area (Å²) in [5.74, 6) is 2.49. The Hall–Kier alpha value is -3.49. The predicted molar refractivity (Wildman–Crippen MR) is 142 cm³/mol. The van der Waals surface area contributed by atoms with Crippen LogP contribution in [-0.2, 0) is 11.3 Å². The number of aromatic nitrogens is 3. The molecule has 0 radical (unpaired) electrons. The molecule has 0 atom stereocenters. The average molecular weight is 508 g/mol. The van der Waals surface area contributed by atoms with Gasteiger partial charge < -0.3 is 10.1 Å². The molecular formula is C26H26ClN5O2S. The van der Waals surface area contributed by atoms with Gasteiger partial charge in [0.25, 0.3) is 0 Å². The van der Waals surface area contributed by atoms with Crippen molar-refractivity contribution in [2.45, 2.75) is 34.2 Å². The second kappa shape index (κ2) is 10.4. The summed E-state index contributed by atoms with van der Waals surface area (Å²) in [5, 5.41) is 13.1. The number of carbonyl (C=O) groups is 1. The molecule has 0 aliphatic carbocycles. The molecule has 0 bridgehead atoms. The number of hydrogen-bond acceptors (Lipinski definition) is 6. The summed E-state index contributed by atoms with van der Waals surface area (Å²) < 4.78 is 7.09. The summed E-state index contributed by atoms with van der Waals surface area (Å²) in [4.78, 5) is 16.8. The Labute approximate surface area is 213 Å². The quantitative estimate of drug-likeness (QED) is 0.373. The Morgan fingerprint density at radius 3 is 2.37 bits per heavy atom. The van der Waals surface area contributed by atoms with Crippen LogP contribution in [0.25, 0.3) is 5.00 Å². The van der Waals surface area contributed by atoms with Crippen molar-refractivity contribution in [2.75, 3.05) is 12.4 Å². The second-order valence-electron chi connectivity index (χ2n) is 8.04. The molecule has 180 valence electrons. The number of nitrogens with one attached hydrogen (secondary N) is 1. The molecule has 5 rings (SSSR count). The second-order valence-corrected chi connectivity index (χ2v) is 9.68. The van der Waals surface area contributed by atoms with Gasteiger partial charge in [-0.3, -0.25) is 14.4 Å². The lowest BCUT2D eigenvalue weighted by Gasteiger charge is -2.09. The fourth-order valence-corrected chi connectivity index (χ4v) is 5.12. The van der Waals surface area contributed by atoms with E-state index in [1.165, 1.54) is 22.9 Å². The Kier molecular flexibility index (Phi) is 7.33. The molecule has 0 saturated carbocycles. The molecule has 35 heavy (non-hydrogen) atoms. The minimum absolute atomic E-state index is 0.0693. The summed E-state index contributed by atoms with van der Waals surface area (Å²) in [6, 6.07) is 15.0. The van der Waals surface area contributed by atoms with E-state index in [0.29, 0.717) is 6.54 Å². The number of anilines is 1. The molecule has 3 heterocycles. The molecular weight excluding hydrogens is 482 g/mol. The van der Waals surface area contributed by atoms with Crippen LogP contribution in [0.2, 0.25) is 5.02 Å². The summed E-state index contributed by atoms with van der Waals surface area (Å²) in [6.45, 7) is 8.29. The smallest absolute Gasteiger partial charge is 0.221 e. The van der Waals surface area contributed by atoms with Crippen LogP contribution in [0.5, 0.6) is 5.75 Å². The zero-order valence-electron chi connectivity index (χ0n) is 20.2. The first-order chi connectivity index (χ1) is 16.8. The lowest BCUT2D eigenvalue weighted by atomic mass is 10.00. The maximum Gasteiger partial charge on any atom is 0.221 e. The number of methoxy groups -OCH3 is 1. The summed E-state index contributed by atoms with van der Waals surface area (Å²) >= 11 is 7.80. The molecule has 9 heteroatoms. The third-order valence-electron chi connectivity index (χ3n) is 5.61. The van der Waals surface area contributed by atoms with Crippen molar-refractivity contribution in [1.82, 2.24) is 14.8 Å². The van der Waals surface area contributed by atoms with E-state index in [9.17, 15) is 4.79 Å². The van der Waals surface area contributed by atoms with Crippen LogP contribution in [0.3, 0.4) is 0 Å². The van der Waals surface area contributed by atoms with E-state index in [-0.39, 0.29) is 5.91 Å². The van der Waals surface area contributed by atoms with Crippen molar-refractivity contribution in [1.29, 1.82) is 0 Å². The number of nitrogens with zero attached hydrogens (tertiary/aromatic N) is 4. The topological polar surface area (TPSA) is 81.4 Å². The van der Waals surface area contributed by atoms with E-state index in [4.69, 9.17) is 21.3 Å². The molecule has 4 aromatic rings. The molecule has 0 spiro atoms. The van der Waals surface area contributed by atoms with Gasteiger partial charge in [0.1, 0.15) is 23.1 Å². The largest absolute Gasteiger partial charge is 0.497 e. The first-order valence-corrected chi connectivity index (χ1v) is 12.2. The van der Waals surface area contributed by atoms with Crippen molar-refractivity contribution in [3.05, 3.63) is 86.8 Å².